The van der Waals surface area contributed by atoms with Crippen LogP contribution in [0, 0.1) is 0 Å². The lowest BCUT2D eigenvalue weighted by molar-refractivity contribution is 0.135. The summed E-state index contributed by atoms with van der Waals surface area (Å²) in [6.07, 6.45) is 6.22. The summed E-state index contributed by atoms with van der Waals surface area (Å²) in [5, 5.41) is 3.36. The summed E-state index contributed by atoms with van der Waals surface area (Å²) in [5.74, 6) is 0.847. The summed E-state index contributed by atoms with van der Waals surface area (Å²) in [6, 6.07) is 5.91. The van der Waals surface area contributed by atoms with Crippen molar-refractivity contribution >= 4 is 21.6 Å². The summed E-state index contributed by atoms with van der Waals surface area (Å²) >= 11 is 3.45. The van der Waals surface area contributed by atoms with E-state index >= 15 is 0 Å². The molecule has 1 heterocycles. The second-order valence-electron chi connectivity index (χ2n) is 3.93. The van der Waals surface area contributed by atoms with Gasteiger partial charge >= 0.3 is 0 Å². The number of hydrogen-bond acceptors (Lipinski definition) is 3. The Morgan fingerprint density at radius 3 is 3.12 bits per heavy atom. The van der Waals surface area contributed by atoms with Gasteiger partial charge in [-0.2, -0.15) is 0 Å². The Hall–Kier alpha value is -1.16. The van der Waals surface area contributed by atoms with Crippen molar-refractivity contribution in [2.45, 2.75) is 18.9 Å². The highest BCUT2D eigenvalue weighted by atomic mass is 79.9. The average molecular weight is 298 g/mol. The molecule has 0 aliphatic carbocycles. The maximum absolute atomic E-state index is 5.51. The van der Waals surface area contributed by atoms with Crippen LogP contribution >= 0.6 is 15.9 Å². The number of hydrogen-bond donors (Lipinski definition) is 1. The molecule has 0 amide bonds. The Morgan fingerprint density at radius 1 is 1.53 bits per heavy atom. The van der Waals surface area contributed by atoms with E-state index in [1.807, 2.05) is 18.2 Å². The van der Waals surface area contributed by atoms with Gasteiger partial charge in [-0.25, -0.2) is 0 Å². The molecule has 0 saturated heterocycles. The quantitative estimate of drug-likeness (QED) is 0.922. The van der Waals surface area contributed by atoms with Crippen molar-refractivity contribution < 1.29 is 9.47 Å². The Kier molecular flexibility index (Phi) is 4.31. The van der Waals surface area contributed by atoms with E-state index in [1.54, 1.807) is 13.4 Å². The topological polar surface area (TPSA) is 30.5 Å². The number of methoxy groups -OCH3 is 1. The van der Waals surface area contributed by atoms with Gasteiger partial charge in [0.25, 0.3) is 0 Å². The van der Waals surface area contributed by atoms with E-state index in [1.165, 1.54) is 0 Å². The first-order chi connectivity index (χ1) is 8.29. The fourth-order valence-electron chi connectivity index (χ4n) is 1.78. The van der Waals surface area contributed by atoms with Crippen LogP contribution in [0.2, 0.25) is 0 Å². The fourth-order valence-corrected chi connectivity index (χ4v) is 2.14. The van der Waals surface area contributed by atoms with E-state index in [0.717, 1.165) is 35.3 Å². The number of anilines is 1. The van der Waals surface area contributed by atoms with E-state index in [-0.39, 0.29) is 6.10 Å². The minimum absolute atomic E-state index is 0.240. The van der Waals surface area contributed by atoms with Crippen molar-refractivity contribution in [3.05, 3.63) is 35.0 Å². The van der Waals surface area contributed by atoms with E-state index in [2.05, 4.69) is 27.3 Å². The van der Waals surface area contributed by atoms with Crippen molar-refractivity contribution in [1.82, 2.24) is 0 Å². The van der Waals surface area contributed by atoms with Crippen LogP contribution < -0.4 is 10.1 Å². The van der Waals surface area contributed by atoms with Crippen LogP contribution in [-0.4, -0.2) is 19.8 Å². The molecule has 3 nitrogen and oxygen atoms in total. The normalized spacial score (nSPS) is 18.6. The highest BCUT2D eigenvalue weighted by molar-refractivity contribution is 9.10. The Morgan fingerprint density at radius 2 is 2.41 bits per heavy atom. The number of nitrogens with one attached hydrogen (secondary N) is 1. The van der Waals surface area contributed by atoms with Gasteiger partial charge < -0.3 is 14.8 Å². The number of ether oxygens (including phenoxy) is 2. The van der Waals surface area contributed by atoms with Crippen molar-refractivity contribution in [2.24, 2.45) is 0 Å². The van der Waals surface area contributed by atoms with Gasteiger partial charge in [0.15, 0.2) is 0 Å². The standard InChI is InChI=1S/C13H16BrNO2/c1-16-13-6-5-10(14)8-12(13)15-9-11-4-2-3-7-17-11/h3,5-8,11,15H,2,4,9H2,1H3. The van der Waals surface area contributed by atoms with E-state index in [9.17, 15) is 0 Å². The predicted octanol–water partition coefficient (Wildman–Crippen LogP) is 3.56. The zero-order valence-electron chi connectivity index (χ0n) is 9.78. The van der Waals surface area contributed by atoms with Crippen LogP contribution in [0.5, 0.6) is 5.75 Å². The first-order valence-corrected chi connectivity index (χ1v) is 6.47. The first kappa shape index (κ1) is 12.3. The maximum atomic E-state index is 5.51. The Bertz CT molecular complexity index is 406. The highest BCUT2D eigenvalue weighted by Crippen LogP contribution is 2.28. The van der Waals surface area contributed by atoms with Gasteiger partial charge in [0, 0.05) is 4.47 Å². The Balaban J connectivity index is 1.97. The van der Waals surface area contributed by atoms with Gasteiger partial charge in [-0.05, 0) is 37.1 Å². The maximum Gasteiger partial charge on any atom is 0.142 e. The molecule has 0 spiro atoms. The molecule has 4 heteroatoms. The largest absolute Gasteiger partial charge is 0.497 e. The van der Waals surface area contributed by atoms with E-state index < -0.39 is 0 Å². The summed E-state index contributed by atoms with van der Waals surface area (Å²) in [6.45, 7) is 0.789. The highest BCUT2D eigenvalue weighted by Gasteiger charge is 2.11. The third kappa shape index (κ3) is 3.40. The minimum Gasteiger partial charge on any atom is -0.497 e. The zero-order valence-corrected chi connectivity index (χ0v) is 11.4. The average Bonchev–Trinajstić information content (AvgIpc) is 2.38. The summed E-state index contributed by atoms with van der Waals surface area (Å²) in [7, 11) is 1.67. The predicted molar refractivity (Wildman–Crippen MR) is 72.4 cm³/mol. The summed E-state index contributed by atoms with van der Waals surface area (Å²) in [4.78, 5) is 0. The van der Waals surface area contributed by atoms with Gasteiger partial charge in [-0.3, -0.25) is 0 Å². The summed E-state index contributed by atoms with van der Waals surface area (Å²) < 4.78 is 11.8. The third-order valence-corrected chi connectivity index (χ3v) is 3.20. The van der Waals surface area contributed by atoms with Crippen LogP contribution in [0.1, 0.15) is 12.8 Å². The molecule has 1 aliphatic heterocycles. The van der Waals surface area contributed by atoms with Crippen LogP contribution in [0.15, 0.2) is 35.0 Å². The molecule has 1 atom stereocenters. The molecule has 0 radical (unpaired) electrons. The van der Waals surface area contributed by atoms with Gasteiger partial charge in [0.05, 0.1) is 25.6 Å². The second-order valence-corrected chi connectivity index (χ2v) is 4.85. The van der Waals surface area contributed by atoms with Crippen LogP contribution in [0.25, 0.3) is 0 Å². The number of benzene rings is 1. The molecular weight excluding hydrogens is 282 g/mol. The van der Waals surface area contributed by atoms with Crippen molar-refractivity contribution in [3.8, 4) is 5.75 Å². The first-order valence-electron chi connectivity index (χ1n) is 5.67. The van der Waals surface area contributed by atoms with Gasteiger partial charge in [0.2, 0.25) is 0 Å². The van der Waals surface area contributed by atoms with Gasteiger partial charge in [-0.15, -0.1) is 0 Å². The number of allylic oxidation sites excluding steroid dienone is 1. The zero-order chi connectivity index (χ0) is 12.1. The lowest BCUT2D eigenvalue weighted by atomic mass is 10.1. The van der Waals surface area contributed by atoms with Crippen molar-refractivity contribution in [3.63, 3.8) is 0 Å². The molecule has 0 fully saturated rings. The molecule has 1 unspecified atom stereocenters. The molecule has 1 N–H and O–H groups in total. The smallest absolute Gasteiger partial charge is 0.142 e. The SMILES string of the molecule is COc1ccc(Br)cc1NCC1CCC=CO1. The molecule has 0 aromatic heterocycles. The molecule has 92 valence electrons. The molecule has 1 aromatic rings. The Labute approximate surface area is 110 Å². The third-order valence-electron chi connectivity index (χ3n) is 2.70. The monoisotopic (exact) mass is 297 g/mol. The number of rotatable bonds is 4. The van der Waals surface area contributed by atoms with Crippen LogP contribution in [0.4, 0.5) is 5.69 Å². The van der Waals surface area contributed by atoms with Gasteiger partial charge in [0.1, 0.15) is 11.9 Å². The summed E-state index contributed by atoms with van der Waals surface area (Å²) in [5.41, 5.74) is 0.986. The molecule has 1 aromatic carbocycles. The van der Waals surface area contributed by atoms with Crippen LogP contribution in [-0.2, 0) is 4.74 Å². The van der Waals surface area contributed by atoms with Crippen molar-refractivity contribution in [2.75, 3.05) is 19.0 Å². The fraction of sp³-hybridized carbons (Fsp3) is 0.385. The van der Waals surface area contributed by atoms with Gasteiger partial charge in [-0.1, -0.05) is 15.9 Å². The number of halogens is 1. The molecule has 17 heavy (non-hydrogen) atoms. The van der Waals surface area contributed by atoms with E-state index in [4.69, 9.17) is 9.47 Å². The molecule has 0 saturated carbocycles. The van der Waals surface area contributed by atoms with E-state index in [0.29, 0.717) is 0 Å². The molecular formula is C13H16BrNO2. The minimum atomic E-state index is 0.240. The lowest BCUT2D eigenvalue weighted by Gasteiger charge is -2.21. The second kappa shape index (κ2) is 5.96. The molecule has 2 rings (SSSR count). The lowest BCUT2D eigenvalue weighted by Crippen LogP contribution is -2.23. The van der Waals surface area contributed by atoms with Crippen LogP contribution in [0.3, 0.4) is 0 Å². The van der Waals surface area contributed by atoms with Crippen molar-refractivity contribution in [1.29, 1.82) is 0 Å². The molecule has 0 bridgehead atoms. The molecule has 1 aliphatic rings.